The molecule has 96 valence electrons. The Morgan fingerprint density at radius 3 is 2.39 bits per heavy atom. The van der Waals surface area contributed by atoms with E-state index in [2.05, 4.69) is 31.9 Å². The summed E-state index contributed by atoms with van der Waals surface area (Å²) in [6, 6.07) is 7.19. The Hall–Kier alpha value is -1.48. The zero-order valence-electron chi connectivity index (χ0n) is 11.0. The number of hydrogen-bond acceptors (Lipinski definition) is 2. The monoisotopic (exact) mass is 264 g/mol. The zero-order valence-corrected chi connectivity index (χ0v) is 11.8. The Labute approximate surface area is 112 Å². The van der Waals surface area contributed by atoms with Gasteiger partial charge in [0.15, 0.2) is 0 Å². The highest BCUT2D eigenvalue weighted by Gasteiger charge is 2.19. The average Bonchev–Trinajstić information content (AvgIpc) is 2.64. The first-order valence-corrected chi connectivity index (χ1v) is 6.23. The van der Waals surface area contributed by atoms with Gasteiger partial charge >= 0.3 is 0 Å². The molecule has 0 atom stereocenters. The number of phenols is 1. The zero-order chi connectivity index (χ0) is 13.5. The van der Waals surface area contributed by atoms with E-state index in [4.69, 9.17) is 11.6 Å². The third-order valence-corrected chi connectivity index (χ3v) is 3.15. The summed E-state index contributed by atoms with van der Waals surface area (Å²) >= 11 is 5.81. The molecular formula is C14H17ClN2O. The van der Waals surface area contributed by atoms with Gasteiger partial charge < -0.3 is 5.11 Å². The molecule has 0 aliphatic carbocycles. The molecule has 2 rings (SSSR count). The molecule has 3 nitrogen and oxygen atoms in total. The lowest BCUT2D eigenvalue weighted by atomic mass is 9.92. The van der Waals surface area contributed by atoms with E-state index in [9.17, 15) is 5.11 Å². The van der Waals surface area contributed by atoms with Crippen molar-refractivity contribution < 1.29 is 5.11 Å². The minimum Gasteiger partial charge on any atom is -0.506 e. The van der Waals surface area contributed by atoms with Crippen LogP contribution in [0.2, 0.25) is 5.02 Å². The Morgan fingerprint density at radius 2 is 1.89 bits per heavy atom. The van der Waals surface area contributed by atoms with E-state index < -0.39 is 0 Å². The van der Waals surface area contributed by atoms with Gasteiger partial charge in [0.1, 0.15) is 5.75 Å². The van der Waals surface area contributed by atoms with E-state index in [0.29, 0.717) is 5.02 Å². The van der Waals surface area contributed by atoms with Crippen molar-refractivity contribution in [2.45, 2.75) is 33.1 Å². The average molecular weight is 265 g/mol. The second-order valence-corrected chi connectivity index (χ2v) is 5.88. The van der Waals surface area contributed by atoms with Crippen LogP contribution in [0, 0.1) is 6.92 Å². The number of nitrogens with zero attached hydrogens (tertiary/aromatic N) is 2. The predicted octanol–water partition coefficient (Wildman–Crippen LogP) is 3.84. The fraction of sp³-hybridized carbons (Fsp3) is 0.357. The van der Waals surface area contributed by atoms with Crippen LogP contribution in [0.5, 0.6) is 5.75 Å². The summed E-state index contributed by atoms with van der Waals surface area (Å²) in [6.45, 7) is 8.36. The molecule has 1 heterocycles. The molecule has 0 saturated heterocycles. The van der Waals surface area contributed by atoms with Crippen LogP contribution in [0.3, 0.4) is 0 Å². The number of phenolic OH excluding ortho intramolecular Hbond substituents is 1. The Bertz CT molecular complexity index is 582. The molecule has 0 fully saturated rings. The highest BCUT2D eigenvalue weighted by Crippen LogP contribution is 2.27. The highest BCUT2D eigenvalue weighted by atomic mass is 35.5. The molecule has 0 aliphatic rings. The van der Waals surface area contributed by atoms with Crippen molar-refractivity contribution in [1.82, 2.24) is 9.78 Å². The number of rotatable bonds is 1. The summed E-state index contributed by atoms with van der Waals surface area (Å²) in [5, 5.41) is 14.6. The van der Waals surface area contributed by atoms with Crippen molar-refractivity contribution in [3.8, 4) is 11.4 Å². The topological polar surface area (TPSA) is 38.0 Å². The Kier molecular flexibility index (Phi) is 3.11. The fourth-order valence-corrected chi connectivity index (χ4v) is 1.85. The summed E-state index contributed by atoms with van der Waals surface area (Å²) in [5.41, 5.74) is 2.87. The van der Waals surface area contributed by atoms with Gasteiger partial charge in [-0.2, -0.15) is 5.10 Å². The quantitative estimate of drug-likeness (QED) is 0.850. The van der Waals surface area contributed by atoms with Gasteiger partial charge in [-0.15, -0.1) is 0 Å². The summed E-state index contributed by atoms with van der Waals surface area (Å²) in [7, 11) is 0. The molecule has 1 aromatic heterocycles. The lowest BCUT2D eigenvalue weighted by Gasteiger charge is -2.14. The van der Waals surface area contributed by atoms with E-state index in [1.54, 1.807) is 12.1 Å². The summed E-state index contributed by atoms with van der Waals surface area (Å²) < 4.78 is 1.82. The van der Waals surface area contributed by atoms with Crippen molar-refractivity contribution >= 4 is 11.6 Å². The first-order chi connectivity index (χ1) is 8.29. The van der Waals surface area contributed by atoms with Crippen LogP contribution in [0.1, 0.15) is 32.2 Å². The lowest BCUT2D eigenvalue weighted by molar-refractivity contribution is 0.475. The molecule has 0 radical (unpaired) electrons. The van der Waals surface area contributed by atoms with E-state index in [1.165, 1.54) is 0 Å². The normalized spacial score (nSPS) is 11.8. The Morgan fingerprint density at radius 1 is 1.22 bits per heavy atom. The van der Waals surface area contributed by atoms with E-state index in [1.807, 2.05) is 17.7 Å². The van der Waals surface area contributed by atoms with E-state index in [0.717, 1.165) is 17.1 Å². The number of aryl methyl sites for hydroxylation is 1. The summed E-state index contributed by atoms with van der Waals surface area (Å²) in [4.78, 5) is 0. The van der Waals surface area contributed by atoms with Gasteiger partial charge in [0, 0.05) is 17.2 Å². The van der Waals surface area contributed by atoms with Gasteiger partial charge in [-0.25, -0.2) is 4.68 Å². The van der Waals surface area contributed by atoms with Crippen LogP contribution in [0.4, 0.5) is 0 Å². The molecule has 0 saturated carbocycles. The predicted molar refractivity (Wildman–Crippen MR) is 73.7 cm³/mol. The fourth-order valence-electron chi connectivity index (χ4n) is 1.74. The van der Waals surface area contributed by atoms with Gasteiger partial charge in [0.25, 0.3) is 0 Å². The van der Waals surface area contributed by atoms with Crippen LogP contribution in [-0.2, 0) is 5.41 Å². The smallest absolute Gasteiger partial charge is 0.136 e. The molecule has 0 spiro atoms. The number of hydrogen-bond donors (Lipinski definition) is 1. The van der Waals surface area contributed by atoms with Gasteiger partial charge in [-0.3, -0.25) is 0 Å². The maximum absolute atomic E-state index is 9.65. The molecule has 0 aliphatic heterocycles. The molecule has 1 aromatic carbocycles. The number of aromatic hydroxyl groups is 1. The minimum absolute atomic E-state index is 0.00444. The molecule has 0 amide bonds. The lowest BCUT2D eigenvalue weighted by Crippen LogP contribution is -2.12. The van der Waals surface area contributed by atoms with Crippen molar-refractivity contribution in [1.29, 1.82) is 0 Å². The minimum atomic E-state index is 0.00444. The second kappa shape index (κ2) is 4.32. The van der Waals surface area contributed by atoms with Crippen LogP contribution >= 0.6 is 11.6 Å². The molecule has 1 N–H and O–H groups in total. The van der Waals surface area contributed by atoms with Gasteiger partial charge in [-0.05, 0) is 25.1 Å². The molecule has 18 heavy (non-hydrogen) atoms. The number of benzene rings is 1. The van der Waals surface area contributed by atoms with Crippen molar-refractivity contribution in [2.24, 2.45) is 0 Å². The van der Waals surface area contributed by atoms with Crippen LogP contribution in [-0.4, -0.2) is 14.9 Å². The molecular weight excluding hydrogens is 248 g/mol. The van der Waals surface area contributed by atoms with Gasteiger partial charge in [-0.1, -0.05) is 32.4 Å². The van der Waals surface area contributed by atoms with Gasteiger partial charge in [0.05, 0.1) is 16.4 Å². The summed E-state index contributed by atoms with van der Waals surface area (Å²) in [6.07, 6.45) is 0. The standard InChI is InChI=1S/C14H17ClN2O/c1-9-7-13(14(2,3)4)16-17(9)10-5-6-11(15)12(18)8-10/h5-8,18H,1-4H3. The largest absolute Gasteiger partial charge is 0.506 e. The SMILES string of the molecule is Cc1cc(C(C)(C)C)nn1-c1ccc(Cl)c(O)c1. The number of aromatic nitrogens is 2. The summed E-state index contributed by atoms with van der Waals surface area (Å²) in [5.74, 6) is 0.0707. The Balaban J connectivity index is 2.51. The van der Waals surface area contributed by atoms with Crippen molar-refractivity contribution in [3.63, 3.8) is 0 Å². The highest BCUT2D eigenvalue weighted by molar-refractivity contribution is 6.32. The first-order valence-electron chi connectivity index (χ1n) is 5.85. The molecule has 4 heteroatoms. The van der Waals surface area contributed by atoms with Crippen LogP contribution in [0.15, 0.2) is 24.3 Å². The maximum Gasteiger partial charge on any atom is 0.136 e. The molecule has 2 aromatic rings. The van der Waals surface area contributed by atoms with Crippen LogP contribution < -0.4 is 0 Å². The van der Waals surface area contributed by atoms with Crippen LogP contribution in [0.25, 0.3) is 5.69 Å². The number of halogens is 1. The third-order valence-electron chi connectivity index (χ3n) is 2.83. The van der Waals surface area contributed by atoms with E-state index in [-0.39, 0.29) is 11.2 Å². The molecule has 0 bridgehead atoms. The van der Waals surface area contributed by atoms with Gasteiger partial charge in [0.2, 0.25) is 0 Å². The van der Waals surface area contributed by atoms with Crippen molar-refractivity contribution in [3.05, 3.63) is 40.7 Å². The first kappa shape index (κ1) is 13.0. The third kappa shape index (κ3) is 2.36. The second-order valence-electron chi connectivity index (χ2n) is 5.47. The van der Waals surface area contributed by atoms with E-state index >= 15 is 0 Å². The van der Waals surface area contributed by atoms with Crippen molar-refractivity contribution in [2.75, 3.05) is 0 Å². The maximum atomic E-state index is 9.65. The molecule has 0 unspecified atom stereocenters.